The summed E-state index contributed by atoms with van der Waals surface area (Å²) < 4.78 is 2.33. The highest BCUT2D eigenvalue weighted by Crippen LogP contribution is 2.18. The van der Waals surface area contributed by atoms with Crippen LogP contribution in [0.2, 0.25) is 0 Å². The fraction of sp³-hybridized carbons (Fsp3) is 0.500. The monoisotopic (exact) mass is 231 g/mol. The molecule has 2 rings (SSSR count). The van der Waals surface area contributed by atoms with Crippen LogP contribution in [0.25, 0.3) is 11.0 Å². The maximum atomic E-state index is 5.72. The lowest BCUT2D eigenvalue weighted by Crippen LogP contribution is -2.18. The van der Waals surface area contributed by atoms with Gasteiger partial charge in [0.2, 0.25) is 0 Å². The average molecular weight is 231 g/mol. The van der Waals surface area contributed by atoms with Crippen molar-refractivity contribution < 1.29 is 0 Å². The number of nitrogens with two attached hydrogens (primary N) is 1. The van der Waals surface area contributed by atoms with Crippen LogP contribution in [0.15, 0.2) is 24.3 Å². The summed E-state index contributed by atoms with van der Waals surface area (Å²) in [6, 6.07) is 8.34. The molecule has 0 spiro atoms. The summed E-state index contributed by atoms with van der Waals surface area (Å²) in [6.45, 7) is 6.06. The van der Waals surface area contributed by atoms with Gasteiger partial charge < -0.3 is 10.3 Å². The van der Waals surface area contributed by atoms with Crippen molar-refractivity contribution in [1.82, 2.24) is 9.55 Å². The second-order valence-electron chi connectivity index (χ2n) is 4.72. The van der Waals surface area contributed by atoms with E-state index in [-0.39, 0.29) is 0 Å². The molecule has 0 saturated carbocycles. The molecule has 1 heterocycles. The molecule has 1 unspecified atom stereocenters. The minimum Gasteiger partial charge on any atom is -0.330 e. The molecule has 0 aliphatic carbocycles. The molecule has 3 heteroatoms. The standard InChI is InChI=1S/C14H21N3/c1-3-6-14-16-12-7-4-5-8-13(12)17(14)10-11(2)9-15/h4-5,7-8,11H,3,6,9-10,15H2,1-2H3. The molecular formula is C14H21N3. The highest BCUT2D eigenvalue weighted by molar-refractivity contribution is 5.75. The number of aryl methyl sites for hydroxylation is 1. The van der Waals surface area contributed by atoms with Crippen LogP contribution in [0.5, 0.6) is 0 Å². The molecule has 0 fully saturated rings. The topological polar surface area (TPSA) is 43.8 Å². The van der Waals surface area contributed by atoms with Crippen LogP contribution in [0, 0.1) is 5.92 Å². The van der Waals surface area contributed by atoms with Gasteiger partial charge in [0.1, 0.15) is 5.82 Å². The number of fused-ring (bicyclic) bond motifs is 1. The Kier molecular flexibility index (Phi) is 3.79. The molecule has 1 atom stereocenters. The van der Waals surface area contributed by atoms with Gasteiger partial charge in [-0.25, -0.2) is 4.98 Å². The van der Waals surface area contributed by atoms with Gasteiger partial charge in [0.15, 0.2) is 0 Å². The summed E-state index contributed by atoms with van der Waals surface area (Å²) in [7, 11) is 0. The van der Waals surface area contributed by atoms with Gasteiger partial charge >= 0.3 is 0 Å². The Morgan fingerprint density at radius 2 is 2.12 bits per heavy atom. The Labute approximate surface area is 103 Å². The zero-order valence-electron chi connectivity index (χ0n) is 10.7. The van der Waals surface area contributed by atoms with E-state index in [0.29, 0.717) is 5.92 Å². The molecule has 17 heavy (non-hydrogen) atoms. The maximum Gasteiger partial charge on any atom is 0.109 e. The summed E-state index contributed by atoms with van der Waals surface area (Å²) in [5.41, 5.74) is 8.05. The number of aromatic nitrogens is 2. The van der Waals surface area contributed by atoms with Gasteiger partial charge in [-0.2, -0.15) is 0 Å². The summed E-state index contributed by atoms with van der Waals surface area (Å²) in [5, 5.41) is 0. The van der Waals surface area contributed by atoms with Crippen LogP contribution in [0.4, 0.5) is 0 Å². The number of imidazole rings is 1. The highest BCUT2D eigenvalue weighted by Gasteiger charge is 2.11. The molecule has 1 aromatic carbocycles. The Morgan fingerprint density at radius 3 is 2.82 bits per heavy atom. The highest BCUT2D eigenvalue weighted by atomic mass is 15.1. The Bertz CT molecular complexity index is 487. The van der Waals surface area contributed by atoms with Gasteiger partial charge in [0, 0.05) is 13.0 Å². The first-order chi connectivity index (χ1) is 8.26. The maximum absolute atomic E-state index is 5.72. The zero-order chi connectivity index (χ0) is 12.3. The fourth-order valence-electron chi connectivity index (χ4n) is 2.13. The van der Waals surface area contributed by atoms with E-state index in [1.165, 1.54) is 11.3 Å². The molecule has 0 aliphatic heterocycles. The normalized spacial score (nSPS) is 13.1. The second-order valence-corrected chi connectivity index (χ2v) is 4.72. The molecule has 92 valence electrons. The van der Waals surface area contributed by atoms with Crippen LogP contribution in [-0.4, -0.2) is 16.1 Å². The van der Waals surface area contributed by atoms with Crippen molar-refractivity contribution in [3.8, 4) is 0 Å². The Balaban J connectivity index is 2.44. The van der Waals surface area contributed by atoms with Crippen molar-refractivity contribution >= 4 is 11.0 Å². The molecule has 2 aromatic rings. The number of nitrogens with zero attached hydrogens (tertiary/aromatic N) is 2. The van der Waals surface area contributed by atoms with Crippen molar-refractivity contribution in [3.05, 3.63) is 30.1 Å². The third kappa shape index (κ3) is 2.50. The first kappa shape index (κ1) is 12.1. The first-order valence-electron chi connectivity index (χ1n) is 6.40. The minimum absolute atomic E-state index is 0.489. The zero-order valence-corrected chi connectivity index (χ0v) is 10.7. The van der Waals surface area contributed by atoms with Crippen LogP contribution in [0.3, 0.4) is 0 Å². The van der Waals surface area contributed by atoms with E-state index in [1.54, 1.807) is 0 Å². The Hall–Kier alpha value is -1.35. The molecule has 0 amide bonds. The summed E-state index contributed by atoms with van der Waals surface area (Å²) >= 11 is 0. The van der Waals surface area contributed by atoms with Gasteiger partial charge in [-0.1, -0.05) is 26.0 Å². The Morgan fingerprint density at radius 1 is 1.35 bits per heavy atom. The number of hydrogen-bond acceptors (Lipinski definition) is 2. The van der Waals surface area contributed by atoms with Gasteiger partial charge in [-0.15, -0.1) is 0 Å². The van der Waals surface area contributed by atoms with E-state index >= 15 is 0 Å². The van der Waals surface area contributed by atoms with Crippen LogP contribution < -0.4 is 5.73 Å². The molecule has 0 aliphatic rings. The van der Waals surface area contributed by atoms with Gasteiger partial charge in [-0.05, 0) is 31.0 Å². The van der Waals surface area contributed by atoms with Gasteiger partial charge in [0.05, 0.1) is 11.0 Å². The van der Waals surface area contributed by atoms with Crippen molar-refractivity contribution in [2.45, 2.75) is 33.2 Å². The predicted octanol–water partition coefficient (Wildman–Crippen LogP) is 2.58. The molecule has 0 radical (unpaired) electrons. The molecular weight excluding hydrogens is 210 g/mol. The second kappa shape index (κ2) is 5.32. The number of benzene rings is 1. The largest absolute Gasteiger partial charge is 0.330 e. The van der Waals surface area contributed by atoms with Crippen molar-refractivity contribution in [2.24, 2.45) is 11.7 Å². The van der Waals surface area contributed by atoms with E-state index in [2.05, 4.69) is 36.6 Å². The third-order valence-electron chi connectivity index (χ3n) is 3.10. The predicted molar refractivity (Wildman–Crippen MR) is 71.9 cm³/mol. The number of hydrogen-bond donors (Lipinski definition) is 1. The van der Waals surface area contributed by atoms with Crippen LogP contribution in [-0.2, 0) is 13.0 Å². The lowest BCUT2D eigenvalue weighted by atomic mass is 10.2. The molecule has 2 N–H and O–H groups in total. The summed E-state index contributed by atoms with van der Waals surface area (Å²) in [5.74, 6) is 1.68. The van der Waals surface area contributed by atoms with Crippen molar-refractivity contribution in [1.29, 1.82) is 0 Å². The van der Waals surface area contributed by atoms with Crippen LogP contribution >= 0.6 is 0 Å². The lowest BCUT2D eigenvalue weighted by Gasteiger charge is -2.13. The van der Waals surface area contributed by atoms with E-state index in [0.717, 1.165) is 31.4 Å². The van der Waals surface area contributed by atoms with Crippen LogP contribution in [0.1, 0.15) is 26.1 Å². The van der Waals surface area contributed by atoms with E-state index in [9.17, 15) is 0 Å². The number of para-hydroxylation sites is 2. The molecule has 3 nitrogen and oxygen atoms in total. The smallest absolute Gasteiger partial charge is 0.109 e. The van der Waals surface area contributed by atoms with E-state index < -0.39 is 0 Å². The molecule has 0 saturated heterocycles. The molecule has 1 aromatic heterocycles. The first-order valence-corrected chi connectivity index (χ1v) is 6.40. The minimum atomic E-state index is 0.489. The fourth-order valence-corrected chi connectivity index (χ4v) is 2.13. The number of rotatable bonds is 5. The van der Waals surface area contributed by atoms with Gasteiger partial charge in [-0.3, -0.25) is 0 Å². The SMILES string of the molecule is CCCc1nc2ccccc2n1CC(C)CN. The third-order valence-corrected chi connectivity index (χ3v) is 3.10. The quantitative estimate of drug-likeness (QED) is 0.859. The average Bonchev–Trinajstić information content (AvgIpc) is 2.68. The molecule has 0 bridgehead atoms. The van der Waals surface area contributed by atoms with Crippen molar-refractivity contribution in [3.63, 3.8) is 0 Å². The van der Waals surface area contributed by atoms with Crippen molar-refractivity contribution in [2.75, 3.05) is 6.54 Å². The van der Waals surface area contributed by atoms with E-state index in [1.807, 2.05) is 6.07 Å². The summed E-state index contributed by atoms with van der Waals surface area (Å²) in [6.07, 6.45) is 2.16. The lowest BCUT2D eigenvalue weighted by molar-refractivity contribution is 0.486. The summed E-state index contributed by atoms with van der Waals surface area (Å²) in [4.78, 5) is 4.71. The van der Waals surface area contributed by atoms with E-state index in [4.69, 9.17) is 10.7 Å². The van der Waals surface area contributed by atoms with Gasteiger partial charge in [0.25, 0.3) is 0 Å².